The van der Waals surface area contributed by atoms with Crippen molar-refractivity contribution in [1.29, 1.82) is 0 Å². The zero-order valence-electron chi connectivity index (χ0n) is 5.59. The van der Waals surface area contributed by atoms with Crippen LogP contribution in [-0.4, -0.2) is 25.8 Å². The molecular formula is C6H11NO2. The summed E-state index contributed by atoms with van der Waals surface area (Å²) in [6.07, 6.45) is 1.47. The molecule has 0 atom stereocenters. The zero-order chi connectivity index (χ0) is 6.53. The molecule has 0 bridgehead atoms. The van der Waals surface area contributed by atoms with Crippen molar-refractivity contribution >= 4 is 6.08 Å². The van der Waals surface area contributed by atoms with Crippen LogP contribution in [0.15, 0.2) is 4.99 Å². The van der Waals surface area contributed by atoms with E-state index < -0.39 is 0 Å². The van der Waals surface area contributed by atoms with Gasteiger partial charge in [0, 0.05) is 13.0 Å². The van der Waals surface area contributed by atoms with Crippen molar-refractivity contribution in [3.8, 4) is 0 Å². The van der Waals surface area contributed by atoms with E-state index in [0.717, 1.165) is 19.6 Å². The third kappa shape index (κ3) is 1.91. The summed E-state index contributed by atoms with van der Waals surface area (Å²) in [5.41, 5.74) is 0. The molecule has 0 fully saturated rings. The largest absolute Gasteiger partial charge is 0.451 e. The molecule has 0 N–H and O–H groups in total. The molecule has 3 nitrogen and oxygen atoms in total. The van der Waals surface area contributed by atoms with Crippen molar-refractivity contribution < 1.29 is 9.47 Å². The number of hydrogen-bond acceptors (Lipinski definition) is 3. The SMILES string of the molecule is CCOC1=NCCCO1. The Bertz CT molecular complexity index is 112. The molecule has 0 amide bonds. The molecule has 0 aliphatic carbocycles. The van der Waals surface area contributed by atoms with Crippen LogP contribution in [0.5, 0.6) is 0 Å². The van der Waals surface area contributed by atoms with Gasteiger partial charge in [0.25, 0.3) is 0 Å². The summed E-state index contributed by atoms with van der Waals surface area (Å²) in [5, 5.41) is 0. The van der Waals surface area contributed by atoms with E-state index in [1.165, 1.54) is 0 Å². The van der Waals surface area contributed by atoms with Gasteiger partial charge in [0.15, 0.2) is 0 Å². The number of ether oxygens (including phenoxy) is 2. The first-order valence-electron chi connectivity index (χ1n) is 3.23. The molecule has 0 saturated heterocycles. The van der Waals surface area contributed by atoms with Crippen molar-refractivity contribution in [2.75, 3.05) is 19.8 Å². The Hall–Kier alpha value is -0.730. The fourth-order valence-electron chi connectivity index (χ4n) is 0.651. The van der Waals surface area contributed by atoms with E-state index >= 15 is 0 Å². The molecule has 0 unspecified atom stereocenters. The Morgan fingerprint density at radius 3 is 3.22 bits per heavy atom. The molecule has 0 aromatic carbocycles. The summed E-state index contributed by atoms with van der Waals surface area (Å²) in [7, 11) is 0. The van der Waals surface area contributed by atoms with Crippen LogP contribution >= 0.6 is 0 Å². The molecule has 0 saturated carbocycles. The van der Waals surface area contributed by atoms with Crippen LogP contribution in [0.4, 0.5) is 0 Å². The number of rotatable bonds is 1. The van der Waals surface area contributed by atoms with E-state index in [1.807, 2.05) is 6.92 Å². The molecule has 3 heteroatoms. The van der Waals surface area contributed by atoms with Crippen LogP contribution in [0.2, 0.25) is 0 Å². The predicted molar refractivity (Wildman–Crippen MR) is 34.5 cm³/mol. The summed E-state index contributed by atoms with van der Waals surface area (Å²) >= 11 is 0. The highest BCUT2D eigenvalue weighted by atomic mass is 16.7. The van der Waals surface area contributed by atoms with Crippen molar-refractivity contribution in [1.82, 2.24) is 0 Å². The van der Waals surface area contributed by atoms with E-state index in [9.17, 15) is 0 Å². The Labute approximate surface area is 54.7 Å². The molecule has 0 aromatic heterocycles. The van der Waals surface area contributed by atoms with Gasteiger partial charge in [-0.25, -0.2) is 4.99 Å². The zero-order valence-corrected chi connectivity index (χ0v) is 5.59. The summed E-state index contributed by atoms with van der Waals surface area (Å²) in [4.78, 5) is 3.99. The molecule has 1 heterocycles. The highest BCUT2D eigenvalue weighted by molar-refractivity contribution is 5.67. The maximum atomic E-state index is 5.05. The molecule has 0 aromatic rings. The van der Waals surface area contributed by atoms with E-state index in [4.69, 9.17) is 9.47 Å². The predicted octanol–water partition coefficient (Wildman–Crippen LogP) is 0.799. The van der Waals surface area contributed by atoms with Crippen molar-refractivity contribution in [2.45, 2.75) is 13.3 Å². The maximum Gasteiger partial charge on any atom is 0.383 e. The maximum absolute atomic E-state index is 5.05. The number of hydrogen-bond donors (Lipinski definition) is 0. The minimum absolute atomic E-state index is 0.462. The Morgan fingerprint density at radius 1 is 1.78 bits per heavy atom. The second-order valence-corrected chi connectivity index (χ2v) is 1.78. The average molecular weight is 129 g/mol. The van der Waals surface area contributed by atoms with Crippen molar-refractivity contribution in [3.05, 3.63) is 0 Å². The molecular weight excluding hydrogens is 118 g/mol. The number of aliphatic imine (C=N–C) groups is 1. The fourth-order valence-corrected chi connectivity index (χ4v) is 0.651. The highest BCUT2D eigenvalue weighted by Gasteiger charge is 2.04. The van der Waals surface area contributed by atoms with E-state index in [-0.39, 0.29) is 0 Å². The first-order valence-corrected chi connectivity index (χ1v) is 3.23. The molecule has 1 aliphatic heterocycles. The van der Waals surface area contributed by atoms with Gasteiger partial charge in [0.05, 0.1) is 13.2 Å². The summed E-state index contributed by atoms with van der Waals surface area (Å²) < 4.78 is 10.1. The van der Waals surface area contributed by atoms with E-state index in [2.05, 4.69) is 4.99 Å². The van der Waals surface area contributed by atoms with Gasteiger partial charge >= 0.3 is 6.08 Å². The van der Waals surface area contributed by atoms with Gasteiger partial charge in [-0.15, -0.1) is 0 Å². The van der Waals surface area contributed by atoms with Gasteiger partial charge in [0.1, 0.15) is 0 Å². The average Bonchev–Trinajstić information content (AvgIpc) is 1.91. The molecule has 1 rings (SSSR count). The summed E-state index contributed by atoms with van der Waals surface area (Å²) in [5.74, 6) is 0. The van der Waals surface area contributed by atoms with Gasteiger partial charge in [-0.2, -0.15) is 0 Å². The van der Waals surface area contributed by atoms with Gasteiger partial charge < -0.3 is 9.47 Å². The van der Waals surface area contributed by atoms with Crippen LogP contribution in [-0.2, 0) is 9.47 Å². The molecule has 9 heavy (non-hydrogen) atoms. The van der Waals surface area contributed by atoms with Crippen LogP contribution in [0.3, 0.4) is 0 Å². The molecule has 0 radical (unpaired) electrons. The van der Waals surface area contributed by atoms with Gasteiger partial charge in [-0.05, 0) is 6.92 Å². The standard InChI is InChI=1S/C6H11NO2/c1-2-8-6-7-4-3-5-9-6/h2-5H2,1H3. The highest BCUT2D eigenvalue weighted by Crippen LogP contribution is 1.96. The Morgan fingerprint density at radius 2 is 2.67 bits per heavy atom. The normalized spacial score (nSPS) is 18.1. The lowest BCUT2D eigenvalue weighted by Crippen LogP contribution is -2.16. The fraction of sp³-hybridized carbons (Fsp3) is 0.833. The van der Waals surface area contributed by atoms with Crippen LogP contribution in [0.1, 0.15) is 13.3 Å². The Kier molecular flexibility index (Phi) is 2.36. The third-order valence-corrected chi connectivity index (χ3v) is 1.04. The van der Waals surface area contributed by atoms with E-state index in [1.54, 1.807) is 0 Å². The van der Waals surface area contributed by atoms with Gasteiger partial charge in [-0.3, -0.25) is 0 Å². The summed E-state index contributed by atoms with van der Waals surface area (Å²) in [6, 6.07) is 0. The minimum Gasteiger partial charge on any atom is -0.451 e. The monoisotopic (exact) mass is 129 g/mol. The van der Waals surface area contributed by atoms with Crippen molar-refractivity contribution in [3.63, 3.8) is 0 Å². The van der Waals surface area contributed by atoms with Crippen LogP contribution < -0.4 is 0 Å². The number of nitrogens with zero attached hydrogens (tertiary/aromatic N) is 1. The van der Waals surface area contributed by atoms with E-state index in [0.29, 0.717) is 12.7 Å². The first-order chi connectivity index (χ1) is 4.43. The smallest absolute Gasteiger partial charge is 0.383 e. The quantitative estimate of drug-likeness (QED) is 0.524. The Balaban J connectivity index is 2.28. The molecule has 0 spiro atoms. The topological polar surface area (TPSA) is 30.8 Å². The summed E-state index contributed by atoms with van der Waals surface area (Å²) in [6.45, 7) is 4.15. The molecule has 1 aliphatic rings. The van der Waals surface area contributed by atoms with Gasteiger partial charge in [0.2, 0.25) is 0 Å². The second-order valence-electron chi connectivity index (χ2n) is 1.78. The van der Waals surface area contributed by atoms with Crippen LogP contribution in [0.25, 0.3) is 0 Å². The first kappa shape index (κ1) is 6.39. The van der Waals surface area contributed by atoms with Crippen molar-refractivity contribution in [2.24, 2.45) is 4.99 Å². The minimum atomic E-state index is 0.462. The lowest BCUT2D eigenvalue weighted by Gasteiger charge is -2.11. The second kappa shape index (κ2) is 3.33. The van der Waals surface area contributed by atoms with Gasteiger partial charge in [-0.1, -0.05) is 0 Å². The molecule has 52 valence electrons. The lowest BCUT2D eigenvalue weighted by molar-refractivity contribution is 0.158. The third-order valence-electron chi connectivity index (χ3n) is 1.04. The van der Waals surface area contributed by atoms with Crippen LogP contribution in [0, 0.1) is 0 Å². The lowest BCUT2D eigenvalue weighted by atomic mass is 10.4.